The van der Waals surface area contributed by atoms with E-state index >= 15 is 0 Å². The highest BCUT2D eigenvalue weighted by Crippen LogP contribution is 2.21. The van der Waals surface area contributed by atoms with Crippen LogP contribution in [0.15, 0.2) is 78.9 Å². The Bertz CT molecular complexity index is 1000. The second-order valence-corrected chi connectivity index (χ2v) is 6.98. The van der Waals surface area contributed by atoms with Gasteiger partial charge in [-0.15, -0.1) is 0 Å². The molecule has 3 rings (SSSR count). The molecule has 0 fully saturated rings. The van der Waals surface area contributed by atoms with Crippen LogP contribution in [0.4, 0.5) is 5.69 Å². The minimum atomic E-state index is -0.661. The van der Waals surface area contributed by atoms with Crippen molar-refractivity contribution < 1.29 is 14.3 Å². The average molecular weight is 402 g/mol. The van der Waals surface area contributed by atoms with Crippen LogP contribution in [0.1, 0.15) is 34.8 Å². The number of benzene rings is 3. The van der Waals surface area contributed by atoms with Crippen molar-refractivity contribution in [2.75, 3.05) is 5.32 Å². The van der Waals surface area contributed by atoms with E-state index in [1.54, 1.807) is 24.3 Å². The normalized spacial score (nSPS) is 11.4. The Hall–Kier alpha value is -3.60. The third-order valence-corrected chi connectivity index (χ3v) is 4.75. The largest absolute Gasteiger partial charge is 0.480 e. The number of rotatable bonds is 8. The van der Waals surface area contributed by atoms with Gasteiger partial charge in [-0.3, -0.25) is 9.59 Å². The zero-order valence-corrected chi connectivity index (χ0v) is 17.2. The number of carbonyl (C=O) groups is 2. The molecule has 0 saturated heterocycles. The molecular formula is C25H26N2O3. The van der Waals surface area contributed by atoms with E-state index in [9.17, 15) is 9.59 Å². The van der Waals surface area contributed by atoms with Gasteiger partial charge in [0.1, 0.15) is 5.75 Å². The monoisotopic (exact) mass is 402 g/mol. The molecule has 0 aromatic heterocycles. The average Bonchev–Trinajstić information content (AvgIpc) is 2.78. The number of anilines is 1. The zero-order valence-electron chi connectivity index (χ0n) is 17.2. The Morgan fingerprint density at radius 1 is 0.900 bits per heavy atom. The maximum Gasteiger partial charge on any atom is 0.265 e. The van der Waals surface area contributed by atoms with Crippen LogP contribution in [0.2, 0.25) is 0 Å². The molecule has 0 spiro atoms. The predicted molar refractivity (Wildman–Crippen MR) is 119 cm³/mol. The summed E-state index contributed by atoms with van der Waals surface area (Å²) in [5, 5.41) is 5.75. The third-order valence-electron chi connectivity index (χ3n) is 4.75. The van der Waals surface area contributed by atoms with Crippen LogP contribution in [-0.4, -0.2) is 17.9 Å². The summed E-state index contributed by atoms with van der Waals surface area (Å²) in [6, 6.07) is 24.2. The molecule has 0 bridgehead atoms. The van der Waals surface area contributed by atoms with Crippen LogP contribution in [-0.2, 0) is 11.3 Å². The highest BCUT2D eigenvalue weighted by Gasteiger charge is 2.21. The van der Waals surface area contributed by atoms with E-state index in [1.165, 1.54) is 0 Å². The van der Waals surface area contributed by atoms with Crippen molar-refractivity contribution in [3.05, 3.63) is 95.6 Å². The first-order valence-corrected chi connectivity index (χ1v) is 10.0. The molecule has 2 N–H and O–H groups in total. The van der Waals surface area contributed by atoms with Crippen LogP contribution < -0.4 is 15.4 Å². The second-order valence-electron chi connectivity index (χ2n) is 6.98. The van der Waals surface area contributed by atoms with Gasteiger partial charge in [-0.05, 0) is 42.7 Å². The van der Waals surface area contributed by atoms with Crippen molar-refractivity contribution in [3.63, 3.8) is 0 Å². The van der Waals surface area contributed by atoms with E-state index < -0.39 is 6.10 Å². The first-order chi connectivity index (χ1) is 14.6. The van der Waals surface area contributed by atoms with Gasteiger partial charge < -0.3 is 15.4 Å². The van der Waals surface area contributed by atoms with Crippen molar-refractivity contribution in [3.8, 4) is 5.75 Å². The molecule has 0 aliphatic carbocycles. The van der Waals surface area contributed by atoms with Gasteiger partial charge in [0.05, 0.1) is 11.3 Å². The van der Waals surface area contributed by atoms with Gasteiger partial charge in [-0.1, -0.05) is 67.6 Å². The Labute approximate surface area is 177 Å². The highest BCUT2D eigenvalue weighted by molar-refractivity contribution is 6.04. The van der Waals surface area contributed by atoms with Crippen molar-refractivity contribution in [1.82, 2.24) is 5.32 Å². The molecule has 154 valence electrons. The Morgan fingerprint density at radius 2 is 1.57 bits per heavy atom. The number of ether oxygens (including phenoxy) is 1. The van der Waals surface area contributed by atoms with E-state index in [2.05, 4.69) is 10.6 Å². The summed E-state index contributed by atoms with van der Waals surface area (Å²) in [5.41, 5.74) is 2.84. The fraction of sp³-hybridized carbons (Fsp3) is 0.200. The minimum absolute atomic E-state index is 0.248. The summed E-state index contributed by atoms with van der Waals surface area (Å²) in [4.78, 5) is 25.5. The molecule has 5 nitrogen and oxygen atoms in total. The molecule has 0 aliphatic heterocycles. The van der Waals surface area contributed by atoms with Crippen LogP contribution in [0, 0.1) is 6.92 Å². The van der Waals surface area contributed by atoms with Gasteiger partial charge in [-0.2, -0.15) is 0 Å². The fourth-order valence-electron chi connectivity index (χ4n) is 3.04. The summed E-state index contributed by atoms with van der Waals surface area (Å²) >= 11 is 0. The van der Waals surface area contributed by atoms with Crippen LogP contribution in [0.25, 0.3) is 0 Å². The zero-order chi connectivity index (χ0) is 21.3. The second kappa shape index (κ2) is 10.3. The molecule has 30 heavy (non-hydrogen) atoms. The van der Waals surface area contributed by atoms with Gasteiger partial charge in [0.2, 0.25) is 0 Å². The van der Waals surface area contributed by atoms with Crippen LogP contribution in [0.5, 0.6) is 5.75 Å². The summed E-state index contributed by atoms with van der Waals surface area (Å²) in [6.45, 7) is 4.24. The Morgan fingerprint density at radius 3 is 2.30 bits per heavy atom. The number of aryl methyl sites for hydroxylation is 1. The first kappa shape index (κ1) is 21.1. The fourth-order valence-corrected chi connectivity index (χ4v) is 3.04. The van der Waals surface area contributed by atoms with Crippen LogP contribution >= 0.6 is 0 Å². The van der Waals surface area contributed by atoms with E-state index in [1.807, 2.05) is 68.4 Å². The SMILES string of the molecule is CCC(Oc1ccccc1C)C(=O)Nc1ccccc1C(=O)NCc1ccccc1. The van der Waals surface area contributed by atoms with Gasteiger partial charge in [0.15, 0.2) is 6.10 Å². The molecule has 0 heterocycles. The maximum absolute atomic E-state index is 12.8. The van der Waals surface area contributed by atoms with Crippen molar-refractivity contribution in [2.24, 2.45) is 0 Å². The van der Waals surface area contributed by atoms with Gasteiger partial charge in [-0.25, -0.2) is 0 Å². The smallest absolute Gasteiger partial charge is 0.265 e. The van der Waals surface area contributed by atoms with Gasteiger partial charge >= 0.3 is 0 Å². The number of hydrogen-bond donors (Lipinski definition) is 2. The molecule has 2 amide bonds. The van der Waals surface area contributed by atoms with Crippen molar-refractivity contribution in [1.29, 1.82) is 0 Å². The lowest BCUT2D eigenvalue weighted by Crippen LogP contribution is -2.33. The van der Waals surface area contributed by atoms with E-state index in [4.69, 9.17) is 4.74 Å². The third kappa shape index (κ3) is 5.47. The van der Waals surface area contributed by atoms with E-state index in [-0.39, 0.29) is 11.8 Å². The van der Waals surface area contributed by atoms with Crippen molar-refractivity contribution in [2.45, 2.75) is 32.9 Å². The predicted octanol–water partition coefficient (Wildman–Crippen LogP) is 4.72. The minimum Gasteiger partial charge on any atom is -0.480 e. The first-order valence-electron chi connectivity index (χ1n) is 10.0. The molecule has 0 radical (unpaired) electrons. The van der Waals surface area contributed by atoms with Gasteiger partial charge in [0, 0.05) is 6.54 Å². The molecule has 3 aromatic rings. The lowest BCUT2D eigenvalue weighted by molar-refractivity contribution is -0.122. The number of carbonyl (C=O) groups excluding carboxylic acids is 2. The maximum atomic E-state index is 12.8. The number of amides is 2. The number of nitrogens with one attached hydrogen (secondary N) is 2. The highest BCUT2D eigenvalue weighted by atomic mass is 16.5. The molecule has 3 aromatic carbocycles. The summed E-state index contributed by atoms with van der Waals surface area (Å²) < 4.78 is 5.92. The summed E-state index contributed by atoms with van der Waals surface area (Å²) in [6.07, 6.45) is -0.158. The number of hydrogen-bond acceptors (Lipinski definition) is 3. The molecule has 1 unspecified atom stereocenters. The van der Waals surface area contributed by atoms with Crippen molar-refractivity contribution >= 4 is 17.5 Å². The van der Waals surface area contributed by atoms with Gasteiger partial charge in [0.25, 0.3) is 11.8 Å². The standard InChI is InChI=1S/C25H26N2O3/c1-3-22(30-23-16-10-7-11-18(23)2)25(29)27-21-15-9-8-14-20(21)24(28)26-17-19-12-5-4-6-13-19/h4-16,22H,3,17H2,1-2H3,(H,26,28)(H,27,29). The number of para-hydroxylation sites is 2. The molecule has 0 aliphatic rings. The summed E-state index contributed by atoms with van der Waals surface area (Å²) in [7, 11) is 0. The van der Waals surface area contributed by atoms with Crippen LogP contribution in [0.3, 0.4) is 0 Å². The quantitative estimate of drug-likeness (QED) is 0.573. The van der Waals surface area contributed by atoms with E-state index in [0.717, 1.165) is 11.1 Å². The van der Waals surface area contributed by atoms with E-state index in [0.29, 0.717) is 30.0 Å². The topological polar surface area (TPSA) is 67.4 Å². The summed E-state index contributed by atoms with van der Waals surface area (Å²) in [5.74, 6) is 0.139. The molecular weight excluding hydrogens is 376 g/mol. The molecule has 1 atom stereocenters. The molecule has 0 saturated carbocycles. The Balaban J connectivity index is 1.69. The molecule has 5 heteroatoms. The lowest BCUT2D eigenvalue weighted by atomic mass is 10.1. The lowest BCUT2D eigenvalue weighted by Gasteiger charge is -2.19. The Kier molecular flexibility index (Phi) is 7.22.